The van der Waals surface area contributed by atoms with Crippen LogP contribution in [0.1, 0.15) is 16.9 Å². The predicted molar refractivity (Wildman–Crippen MR) is 90.9 cm³/mol. The summed E-state index contributed by atoms with van der Waals surface area (Å²) < 4.78 is 12.9. The molecule has 0 aliphatic carbocycles. The highest BCUT2D eigenvalue weighted by Crippen LogP contribution is 2.28. The Bertz CT molecular complexity index is 952. The van der Waals surface area contributed by atoms with Crippen LogP contribution in [0.5, 0.6) is 0 Å². The monoisotopic (exact) mass is 336 g/mol. The van der Waals surface area contributed by atoms with E-state index in [-0.39, 0.29) is 11.6 Å². The molecule has 0 aliphatic heterocycles. The van der Waals surface area contributed by atoms with Gasteiger partial charge >= 0.3 is 0 Å². The molecule has 0 spiro atoms. The zero-order valence-electron chi connectivity index (χ0n) is 13.4. The summed E-state index contributed by atoms with van der Waals surface area (Å²) in [7, 11) is 0. The highest BCUT2D eigenvalue weighted by Gasteiger charge is 2.16. The first-order chi connectivity index (χ1) is 12.3. The number of imidazole rings is 1. The molecule has 0 saturated carbocycles. The number of aryl methyl sites for hydroxylation is 1. The van der Waals surface area contributed by atoms with Gasteiger partial charge in [0.05, 0.1) is 6.33 Å². The lowest BCUT2D eigenvalue weighted by atomic mass is 10.2. The highest BCUT2D eigenvalue weighted by molar-refractivity contribution is 5.93. The fourth-order valence-electron chi connectivity index (χ4n) is 2.57. The maximum absolute atomic E-state index is 12.1. The Hall–Kier alpha value is -3.35. The molecular formula is C18H16N4O3. The van der Waals surface area contributed by atoms with Gasteiger partial charge in [-0.25, -0.2) is 4.98 Å². The number of rotatable bonds is 6. The van der Waals surface area contributed by atoms with Gasteiger partial charge in [-0.2, -0.15) is 0 Å². The van der Waals surface area contributed by atoms with Crippen molar-refractivity contribution in [2.45, 2.75) is 13.0 Å². The zero-order valence-corrected chi connectivity index (χ0v) is 13.4. The van der Waals surface area contributed by atoms with Gasteiger partial charge in [0.15, 0.2) is 11.5 Å². The largest absolute Gasteiger partial charge is 0.453 e. The Morgan fingerprint density at radius 2 is 2.12 bits per heavy atom. The molecule has 0 bridgehead atoms. The summed E-state index contributed by atoms with van der Waals surface area (Å²) in [6.45, 7) is 1.34. The Morgan fingerprint density at radius 3 is 2.96 bits per heavy atom. The lowest BCUT2D eigenvalue weighted by molar-refractivity contribution is 0.0943. The molecule has 1 aromatic carbocycles. The van der Waals surface area contributed by atoms with Crippen molar-refractivity contribution in [3.63, 3.8) is 0 Å². The number of carbonyl (C=O) groups is 1. The van der Waals surface area contributed by atoms with Gasteiger partial charge in [-0.3, -0.25) is 4.79 Å². The van der Waals surface area contributed by atoms with Crippen LogP contribution in [0.15, 0.2) is 64.1 Å². The number of amides is 1. The lowest BCUT2D eigenvalue weighted by Crippen LogP contribution is -2.25. The Labute approximate surface area is 143 Å². The fraction of sp³-hybridized carbons (Fsp3) is 0.167. The minimum Gasteiger partial charge on any atom is -0.453 e. The minimum atomic E-state index is -0.267. The molecule has 7 nitrogen and oxygen atoms in total. The molecule has 0 unspecified atom stereocenters. The zero-order chi connectivity index (χ0) is 17.1. The Kier molecular flexibility index (Phi) is 4.04. The van der Waals surface area contributed by atoms with E-state index in [1.165, 1.54) is 0 Å². The van der Waals surface area contributed by atoms with Crippen molar-refractivity contribution < 1.29 is 13.7 Å². The predicted octanol–water partition coefficient (Wildman–Crippen LogP) is 3.10. The maximum Gasteiger partial charge on any atom is 0.273 e. The van der Waals surface area contributed by atoms with E-state index in [0.717, 1.165) is 23.9 Å². The van der Waals surface area contributed by atoms with E-state index in [0.29, 0.717) is 18.1 Å². The van der Waals surface area contributed by atoms with Crippen molar-refractivity contribution >= 4 is 16.9 Å². The lowest BCUT2D eigenvalue weighted by Gasteiger charge is -2.03. The highest BCUT2D eigenvalue weighted by atomic mass is 16.5. The first kappa shape index (κ1) is 15.2. The summed E-state index contributed by atoms with van der Waals surface area (Å²) in [5.74, 6) is 0.712. The fourth-order valence-corrected chi connectivity index (χ4v) is 2.57. The SMILES string of the molecule is O=C(NCCCn1ccnc1)c1cc(-c2cc3ccccc3o2)on1. The topological polar surface area (TPSA) is 86.1 Å². The van der Waals surface area contributed by atoms with Gasteiger partial charge in [-0.05, 0) is 18.6 Å². The summed E-state index contributed by atoms with van der Waals surface area (Å²) in [6.07, 6.45) is 6.17. The molecule has 0 fully saturated rings. The van der Waals surface area contributed by atoms with Gasteiger partial charge in [0, 0.05) is 36.9 Å². The summed E-state index contributed by atoms with van der Waals surface area (Å²) in [6, 6.07) is 11.1. The smallest absolute Gasteiger partial charge is 0.273 e. The van der Waals surface area contributed by atoms with E-state index in [4.69, 9.17) is 8.94 Å². The molecule has 0 aliphatic rings. The van der Waals surface area contributed by atoms with Crippen LogP contribution in [-0.2, 0) is 6.54 Å². The summed E-state index contributed by atoms with van der Waals surface area (Å²) in [4.78, 5) is 16.1. The van der Waals surface area contributed by atoms with Crippen LogP contribution in [-0.4, -0.2) is 27.2 Å². The Balaban J connectivity index is 1.37. The third-order valence-corrected chi connectivity index (χ3v) is 3.85. The molecule has 0 atom stereocenters. The van der Waals surface area contributed by atoms with Gasteiger partial charge in [0.25, 0.3) is 5.91 Å². The number of aromatic nitrogens is 3. The summed E-state index contributed by atoms with van der Waals surface area (Å²) >= 11 is 0. The standard InChI is InChI=1S/C18H16N4O3/c23-18(20-6-3-8-22-9-7-19-12-22)14-11-17(25-21-14)16-10-13-4-1-2-5-15(13)24-16/h1-2,4-5,7,9-12H,3,6,8H2,(H,20,23). The number of carbonyl (C=O) groups excluding carboxylic acids is 1. The van der Waals surface area contributed by atoms with E-state index in [1.807, 2.05) is 41.1 Å². The van der Waals surface area contributed by atoms with Crippen LogP contribution in [0.3, 0.4) is 0 Å². The van der Waals surface area contributed by atoms with Crippen LogP contribution in [0.2, 0.25) is 0 Å². The number of nitrogens with one attached hydrogen (secondary N) is 1. The number of hydrogen-bond acceptors (Lipinski definition) is 5. The molecule has 0 saturated heterocycles. The molecule has 0 radical (unpaired) electrons. The first-order valence-electron chi connectivity index (χ1n) is 7.99. The molecule has 4 rings (SSSR count). The van der Waals surface area contributed by atoms with Crippen molar-refractivity contribution in [1.82, 2.24) is 20.0 Å². The number of furan rings is 1. The molecule has 1 N–H and O–H groups in total. The van der Waals surface area contributed by atoms with Crippen LogP contribution >= 0.6 is 0 Å². The molecule has 1 amide bonds. The quantitative estimate of drug-likeness (QED) is 0.547. The van der Waals surface area contributed by atoms with Gasteiger partial charge in [0.1, 0.15) is 5.58 Å². The second-order valence-corrected chi connectivity index (χ2v) is 5.63. The van der Waals surface area contributed by atoms with Crippen molar-refractivity contribution in [3.8, 4) is 11.5 Å². The van der Waals surface area contributed by atoms with E-state index in [1.54, 1.807) is 18.6 Å². The van der Waals surface area contributed by atoms with Crippen molar-refractivity contribution in [2.75, 3.05) is 6.54 Å². The van der Waals surface area contributed by atoms with Crippen LogP contribution in [0, 0.1) is 0 Å². The van der Waals surface area contributed by atoms with Gasteiger partial charge in [-0.1, -0.05) is 23.4 Å². The number of hydrogen-bond donors (Lipinski definition) is 1. The third kappa shape index (κ3) is 3.30. The van der Waals surface area contributed by atoms with Crippen LogP contribution in [0.4, 0.5) is 0 Å². The molecule has 126 valence electrons. The third-order valence-electron chi connectivity index (χ3n) is 3.85. The molecule has 3 aromatic heterocycles. The van der Waals surface area contributed by atoms with Crippen LogP contribution < -0.4 is 5.32 Å². The summed E-state index contributed by atoms with van der Waals surface area (Å²) in [5, 5.41) is 7.63. The summed E-state index contributed by atoms with van der Waals surface area (Å²) in [5.41, 5.74) is 0.998. The normalized spacial score (nSPS) is 11.0. The average Bonchev–Trinajstić information content (AvgIpc) is 3.38. The van der Waals surface area contributed by atoms with Crippen molar-refractivity contribution in [2.24, 2.45) is 0 Å². The van der Waals surface area contributed by atoms with Crippen molar-refractivity contribution in [3.05, 3.63) is 60.8 Å². The van der Waals surface area contributed by atoms with Crippen LogP contribution in [0.25, 0.3) is 22.5 Å². The molecule has 7 heteroatoms. The van der Waals surface area contributed by atoms with E-state index < -0.39 is 0 Å². The number of benzene rings is 1. The molecule has 4 aromatic rings. The minimum absolute atomic E-state index is 0.234. The maximum atomic E-state index is 12.1. The second-order valence-electron chi connectivity index (χ2n) is 5.63. The molecule has 25 heavy (non-hydrogen) atoms. The number of nitrogens with zero attached hydrogens (tertiary/aromatic N) is 3. The van der Waals surface area contributed by atoms with Gasteiger partial charge in [0.2, 0.25) is 5.76 Å². The molecular weight excluding hydrogens is 320 g/mol. The molecule has 3 heterocycles. The second kappa shape index (κ2) is 6.64. The van der Waals surface area contributed by atoms with Gasteiger partial charge in [-0.15, -0.1) is 0 Å². The Morgan fingerprint density at radius 1 is 1.20 bits per heavy atom. The van der Waals surface area contributed by atoms with E-state index in [9.17, 15) is 4.79 Å². The van der Waals surface area contributed by atoms with Gasteiger partial charge < -0.3 is 18.8 Å². The van der Waals surface area contributed by atoms with Crippen molar-refractivity contribution in [1.29, 1.82) is 0 Å². The average molecular weight is 336 g/mol. The van der Waals surface area contributed by atoms with E-state index in [2.05, 4.69) is 15.5 Å². The number of para-hydroxylation sites is 1. The first-order valence-corrected chi connectivity index (χ1v) is 7.99. The van der Waals surface area contributed by atoms with E-state index >= 15 is 0 Å². The number of fused-ring (bicyclic) bond motifs is 1.